The molecule has 0 saturated carbocycles. The van der Waals surface area contributed by atoms with Crippen molar-refractivity contribution >= 4 is 5.97 Å². The zero-order valence-corrected chi connectivity index (χ0v) is 12.5. The fourth-order valence-corrected chi connectivity index (χ4v) is 2.29. The minimum atomic E-state index is -1.02. The van der Waals surface area contributed by atoms with Gasteiger partial charge in [-0.2, -0.15) is 0 Å². The molecule has 0 aliphatic rings. The topological polar surface area (TPSA) is 40.5 Å². The van der Waals surface area contributed by atoms with Gasteiger partial charge in [-0.1, -0.05) is 33.6 Å². The smallest absolute Gasteiger partial charge is 0.335 e. The van der Waals surface area contributed by atoms with E-state index in [-0.39, 0.29) is 11.4 Å². The number of nitrogens with zero attached hydrogens (tertiary/aromatic N) is 1. The lowest BCUT2D eigenvalue weighted by molar-refractivity contribution is 0.0696. The van der Waals surface area contributed by atoms with Crippen LogP contribution in [-0.2, 0) is 6.54 Å². The standard InChI is InChI=1S/C16H24FNO2/c1-4-12(5-2)10-18(6-3)11-14-9-13(16(19)20)7-8-15(14)17/h7-9,12H,4-6,10-11H2,1-3H3,(H,19,20). The average molecular weight is 281 g/mol. The number of aromatic carboxylic acids is 1. The van der Waals surface area contributed by atoms with Crippen molar-refractivity contribution < 1.29 is 14.3 Å². The molecule has 0 spiro atoms. The Labute approximate surface area is 120 Å². The molecule has 112 valence electrons. The molecule has 1 aromatic carbocycles. The predicted molar refractivity (Wildman–Crippen MR) is 78.4 cm³/mol. The molecule has 1 N–H and O–H groups in total. The summed E-state index contributed by atoms with van der Waals surface area (Å²) in [6, 6.07) is 3.98. The first-order valence-corrected chi connectivity index (χ1v) is 7.25. The van der Waals surface area contributed by atoms with Crippen LogP contribution in [0.5, 0.6) is 0 Å². The van der Waals surface area contributed by atoms with Crippen LogP contribution in [0, 0.1) is 11.7 Å². The molecule has 0 radical (unpaired) electrons. The zero-order valence-electron chi connectivity index (χ0n) is 12.5. The van der Waals surface area contributed by atoms with Crippen LogP contribution in [-0.4, -0.2) is 29.1 Å². The lowest BCUT2D eigenvalue weighted by Crippen LogP contribution is -2.29. The number of carboxylic acids is 1. The quantitative estimate of drug-likeness (QED) is 0.788. The van der Waals surface area contributed by atoms with Crippen LogP contribution in [0.1, 0.15) is 49.5 Å². The molecule has 0 aliphatic carbocycles. The van der Waals surface area contributed by atoms with Gasteiger partial charge in [-0.05, 0) is 30.7 Å². The van der Waals surface area contributed by atoms with Crippen molar-refractivity contribution in [1.29, 1.82) is 0 Å². The second-order valence-corrected chi connectivity index (χ2v) is 5.12. The van der Waals surface area contributed by atoms with Gasteiger partial charge in [-0.25, -0.2) is 9.18 Å². The maximum atomic E-state index is 13.8. The highest BCUT2D eigenvalue weighted by molar-refractivity contribution is 5.87. The van der Waals surface area contributed by atoms with Crippen molar-refractivity contribution in [3.05, 3.63) is 35.1 Å². The summed E-state index contributed by atoms with van der Waals surface area (Å²) in [5.41, 5.74) is 0.595. The Morgan fingerprint density at radius 3 is 2.45 bits per heavy atom. The largest absolute Gasteiger partial charge is 0.478 e. The van der Waals surface area contributed by atoms with Crippen LogP contribution < -0.4 is 0 Å². The molecule has 0 aromatic heterocycles. The maximum absolute atomic E-state index is 13.8. The summed E-state index contributed by atoms with van der Waals surface area (Å²) < 4.78 is 13.8. The molecule has 0 unspecified atom stereocenters. The average Bonchev–Trinajstić information content (AvgIpc) is 2.45. The number of hydrogen-bond donors (Lipinski definition) is 1. The van der Waals surface area contributed by atoms with Gasteiger partial charge in [0.15, 0.2) is 0 Å². The van der Waals surface area contributed by atoms with Crippen LogP contribution in [0.3, 0.4) is 0 Å². The van der Waals surface area contributed by atoms with Crippen molar-refractivity contribution in [1.82, 2.24) is 4.90 Å². The number of hydrogen-bond acceptors (Lipinski definition) is 2. The maximum Gasteiger partial charge on any atom is 0.335 e. The Morgan fingerprint density at radius 1 is 1.30 bits per heavy atom. The Kier molecular flexibility index (Phi) is 6.65. The minimum Gasteiger partial charge on any atom is -0.478 e. The van der Waals surface area contributed by atoms with Crippen LogP contribution >= 0.6 is 0 Å². The van der Waals surface area contributed by atoms with Gasteiger partial charge in [-0.15, -0.1) is 0 Å². The first-order chi connectivity index (χ1) is 9.51. The van der Waals surface area contributed by atoms with E-state index in [1.165, 1.54) is 18.2 Å². The van der Waals surface area contributed by atoms with Gasteiger partial charge in [0.2, 0.25) is 0 Å². The molecule has 1 rings (SSSR count). The molecule has 4 heteroatoms. The third kappa shape index (κ3) is 4.60. The molecule has 0 saturated heterocycles. The van der Waals surface area contributed by atoms with E-state index in [0.29, 0.717) is 18.0 Å². The Balaban J connectivity index is 2.83. The summed E-state index contributed by atoms with van der Waals surface area (Å²) in [4.78, 5) is 13.1. The Morgan fingerprint density at radius 2 is 1.95 bits per heavy atom. The number of carbonyl (C=O) groups is 1. The van der Waals surface area contributed by atoms with E-state index >= 15 is 0 Å². The first-order valence-electron chi connectivity index (χ1n) is 7.25. The van der Waals surface area contributed by atoms with E-state index in [1.54, 1.807) is 0 Å². The highest BCUT2D eigenvalue weighted by Crippen LogP contribution is 2.16. The van der Waals surface area contributed by atoms with Gasteiger partial charge < -0.3 is 5.11 Å². The molecule has 3 nitrogen and oxygen atoms in total. The molecular weight excluding hydrogens is 257 g/mol. The zero-order chi connectivity index (χ0) is 15.1. The Bertz CT molecular complexity index is 444. The highest BCUT2D eigenvalue weighted by Gasteiger charge is 2.14. The lowest BCUT2D eigenvalue weighted by Gasteiger charge is -2.25. The van der Waals surface area contributed by atoms with Crippen LogP contribution in [0.2, 0.25) is 0 Å². The molecule has 0 aliphatic heterocycles. The van der Waals surface area contributed by atoms with E-state index in [0.717, 1.165) is 25.9 Å². The number of rotatable bonds is 8. The van der Waals surface area contributed by atoms with E-state index in [1.807, 2.05) is 6.92 Å². The van der Waals surface area contributed by atoms with Gasteiger partial charge in [0.25, 0.3) is 0 Å². The van der Waals surface area contributed by atoms with Gasteiger partial charge in [0, 0.05) is 18.7 Å². The fourth-order valence-electron chi connectivity index (χ4n) is 2.29. The monoisotopic (exact) mass is 281 g/mol. The molecule has 0 amide bonds. The van der Waals surface area contributed by atoms with Gasteiger partial charge in [0.1, 0.15) is 5.82 Å². The molecular formula is C16H24FNO2. The third-order valence-corrected chi connectivity index (χ3v) is 3.80. The predicted octanol–water partition coefficient (Wildman–Crippen LogP) is 3.78. The fraction of sp³-hybridized carbons (Fsp3) is 0.562. The van der Waals surface area contributed by atoms with Crippen molar-refractivity contribution in [2.75, 3.05) is 13.1 Å². The van der Waals surface area contributed by atoms with Crippen molar-refractivity contribution in [3.8, 4) is 0 Å². The number of carboxylic acid groups (broad SMARTS) is 1. The van der Waals surface area contributed by atoms with Crippen molar-refractivity contribution in [2.24, 2.45) is 5.92 Å². The third-order valence-electron chi connectivity index (χ3n) is 3.80. The van der Waals surface area contributed by atoms with E-state index in [2.05, 4.69) is 18.7 Å². The lowest BCUT2D eigenvalue weighted by atomic mass is 10.0. The minimum absolute atomic E-state index is 0.139. The summed E-state index contributed by atoms with van der Waals surface area (Å²) in [6.45, 7) is 8.57. The Hall–Kier alpha value is -1.42. The van der Waals surface area contributed by atoms with Crippen LogP contribution in [0.4, 0.5) is 4.39 Å². The summed E-state index contributed by atoms with van der Waals surface area (Å²) in [7, 11) is 0. The van der Waals surface area contributed by atoms with E-state index in [9.17, 15) is 9.18 Å². The van der Waals surface area contributed by atoms with Gasteiger partial charge >= 0.3 is 5.97 Å². The van der Waals surface area contributed by atoms with Gasteiger partial charge in [0.05, 0.1) is 5.56 Å². The molecule has 1 aromatic rings. The summed E-state index contributed by atoms with van der Waals surface area (Å²) in [5, 5.41) is 8.98. The van der Waals surface area contributed by atoms with Gasteiger partial charge in [-0.3, -0.25) is 4.90 Å². The molecule has 0 atom stereocenters. The molecule has 0 bridgehead atoms. The first kappa shape index (κ1) is 16.6. The summed E-state index contributed by atoms with van der Waals surface area (Å²) >= 11 is 0. The number of benzene rings is 1. The highest BCUT2D eigenvalue weighted by atomic mass is 19.1. The van der Waals surface area contributed by atoms with E-state index < -0.39 is 5.97 Å². The summed E-state index contributed by atoms with van der Waals surface area (Å²) in [6.07, 6.45) is 2.20. The normalized spacial score (nSPS) is 11.3. The molecule has 20 heavy (non-hydrogen) atoms. The SMILES string of the molecule is CCC(CC)CN(CC)Cc1cc(C(=O)O)ccc1F. The van der Waals surface area contributed by atoms with Crippen LogP contribution in [0.15, 0.2) is 18.2 Å². The van der Waals surface area contributed by atoms with Crippen molar-refractivity contribution in [2.45, 2.75) is 40.2 Å². The molecule has 0 fully saturated rings. The van der Waals surface area contributed by atoms with E-state index in [4.69, 9.17) is 5.11 Å². The molecule has 0 heterocycles. The second-order valence-electron chi connectivity index (χ2n) is 5.12. The number of halogens is 1. The second kappa shape index (κ2) is 8.00. The van der Waals surface area contributed by atoms with Crippen molar-refractivity contribution in [3.63, 3.8) is 0 Å². The summed E-state index contributed by atoms with van der Waals surface area (Å²) in [5.74, 6) is -0.757. The van der Waals surface area contributed by atoms with Crippen LogP contribution in [0.25, 0.3) is 0 Å².